The number of aryl methyl sites for hydroxylation is 2. The minimum absolute atomic E-state index is 0.0510. The molecule has 2 fully saturated rings. The molecular weight excluding hydrogens is 394 g/mol. The summed E-state index contributed by atoms with van der Waals surface area (Å²) in [5, 5.41) is 4.17. The summed E-state index contributed by atoms with van der Waals surface area (Å²) in [7, 11) is 0. The summed E-state index contributed by atoms with van der Waals surface area (Å²) in [5.74, 6) is 1.14. The van der Waals surface area contributed by atoms with Gasteiger partial charge in [-0.3, -0.25) is 9.59 Å². The van der Waals surface area contributed by atoms with Crippen LogP contribution in [0.25, 0.3) is 22.4 Å². The van der Waals surface area contributed by atoms with Crippen molar-refractivity contribution < 1.29 is 9.32 Å². The van der Waals surface area contributed by atoms with Crippen LogP contribution in [-0.4, -0.2) is 43.1 Å². The lowest BCUT2D eigenvalue weighted by molar-refractivity contribution is -0.129. The Morgan fingerprint density at radius 3 is 2.74 bits per heavy atom. The van der Waals surface area contributed by atoms with Gasteiger partial charge in [0.25, 0.3) is 5.56 Å². The van der Waals surface area contributed by atoms with Gasteiger partial charge in [0, 0.05) is 31.1 Å². The first-order chi connectivity index (χ1) is 15.0. The maximum atomic E-state index is 12.5. The molecule has 3 aromatic rings. The van der Waals surface area contributed by atoms with Crippen molar-refractivity contribution in [2.45, 2.75) is 70.9 Å². The van der Waals surface area contributed by atoms with Gasteiger partial charge in [-0.1, -0.05) is 24.9 Å². The van der Waals surface area contributed by atoms with Crippen LogP contribution >= 0.6 is 0 Å². The van der Waals surface area contributed by atoms with Gasteiger partial charge < -0.3 is 14.0 Å². The summed E-state index contributed by atoms with van der Waals surface area (Å²) in [6, 6.07) is 6.05. The van der Waals surface area contributed by atoms with Gasteiger partial charge >= 0.3 is 0 Å². The Bertz CT molecular complexity index is 1190. The van der Waals surface area contributed by atoms with E-state index in [0.29, 0.717) is 43.0 Å². The molecule has 0 N–H and O–H groups in total. The fraction of sp³-hybridized carbons (Fsp3) is 0.522. The van der Waals surface area contributed by atoms with E-state index in [0.717, 1.165) is 35.9 Å². The highest BCUT2D eigenvalue weighted by atomic mass is 16.5. The number of benzene rings is 1. The van der Waals surface area contributed by atoms with E-state index in [-0.39, 0.29) is 17.4 Å². The third-order valence-corrected chi connectivity index (χ3v) is 6.53. The van der Waals surface area contributed by atoms with Crippen LogP contribution in [0.4, 0.5) is 0 Å². The smallest absolute Gasteiger partial charge is 0.272 e. The molecular formula is C23H27N5O3. The van der Waals surface area contributed by atoms with Crippen molar-refractivity contribution in [2.75, 3.05) is 6.54 Å². The van der Waals surface area contributed by atoms with Crippen LogP contribution in [0.2, 0.25) is 0 Å². The van der Waals surface area contributed by atoms with E-state index in [1.165, 1.54) is 12.8 Å². The van der Waals surface area contributed by atoms with Gasteiger partial charge in [-0.15, -0.1) is 0 Å². The second-order valence-corrected chi connectivity index (χ2v) is 8.70. The first kappa shape index (κ1) is 19.9. The molecule has 8 nitrogen and oxygen atoms in total. The fourth-order valence-electron chi connectivity index (χ4n) is 4.94. The second-order valence-electron chi connectivity index (χ2n) is 8.70. The molecule has 1 atom stereocenters. The van der Waals surface area contributed by atoms with Crippen molar-refractivity contribution in [3.63, 3.8) is 0 Å². The number of aromatic nitrogens is 4. The molecule has 2 aromatic heterocycles. The van der Waals surface area contributed by atoms with Crippen LogP contribution < -0.4 is 5.56 Å². The number of amides is 1. The highest BCUT2D eigenvalue weighted by molar-refractivity contribution is 5.81. The Kier molecular flexibility index (Phi) is 5.08. The molecule has 1 aliphatic carbocycles. The number of fused-ring (bicyclic) bond motifs is 1. The highest BCUT2D eigenvalue weighted by Crippen LogP contribution is 2.34. The quantitative estimate of drug-likeness (QED) is 0.627. The van der Waals surface area contributed by atoms with E-state index >= 15 is 0 Å². The Morgan fingerprint density at radius 2 is 1.97 bits per heavy atom. The topological polar surface area (TPSA) is 94.1 Å². The van der Waals surface area contributed by atoms with E-state index in [9.17, 15) is 9.59 Å². The molecule has 5 rings (SSSR count). The molecule has 1 saturated carbocycles. The number of carbonyl (C=O) groups is 1. The van der Waals surface area contributed by atoms with Crippen LogP contribution in [0.5, 0.6) is 0 Å². The lowest BCUT2D eigenvalue weighted by Crippen LogP contribution is -2.34. The minimum atomic E-state index is -0.0540. The molecule has 8 heteroatoms. The molecule has 1 aromatic carbocycles. The van der Waals surface area contributed by atoms with E-state index in [1.807, 2.05) is 30.0 Å². The molecule has 2 aliphatic rings. The Hall–Kier alpha value is -3.03. The lowest BCUT2D eigenvalue weighted by atomic mass is 10.1. The largest absolute Gasteiger partial charge is 0.339 e. The van der Waals surface area contributed by atoms with E-state index in [2.05, 4.69) is 15.1 Å². The van der Waals surface area contributed by atoms with Gasteiger partial charge in [0.1, 0.15) is 5.69 Å². The average molecular weight is 422 g/mol. The van der Waals surface area contributed by atoms with E-state index in [4.69, 9.17) is 4.52 Å². The van der Waals surface area contributed by atoms with Gasteiger partial charge in [0.15, 0.2) is 0 Å². The lowest BCUT2D eigenvalue weighted by Gasteiger charge is -2.23. The number of likely N-dealkylation sites (tertiary alicyclic amines) is 1. The van der Waals surface area contributed by atoms with Crippen molar-refractivity contribution in [3.8, 4) is 11.4 Å². The van der Waals surface area contributed by atoms with Crippen LogP contribution in [-0.2, 0) is 11.3 Å². The van der Waals surface area contributed by atoms with Crippen molar-refractivity contribution in [1.82, 2.24) is 24.6 Å². The number of rotatable bonds is 5. The molecule has 31 heavy (non-hydrogen) atoms. The van der Waals surface area contributed by atoms with Crippen molar-refractivity contribution in [2.24, 2.45) is 0 Å². The number of carbonyl (C=O) groups excluding carboxylic acids is 1. The van der Waals surface area contributed by atoms with Crippen LogP contribution in [0, 0.1) is 6.92 Å². The third kappa shape index (κ3) is 3.54. The van der Waals surface area contributed by atoms with Crippen LogP contribution in [0.1, 0.15) is 63.0 Å². The van der Waals surface area contributed by atoms with Gasteiger partial charge in [-0.2, -0.15) is 4.98 Å². The zero-order valence-electron chi connectivity index (χ0n) is 18.0. The number of hydrogen-bond acceptors (Lipinski definition) is 6. The molecule has 1 saturated heterocycles. The summed E-state index contributed by atoms with van der Waals surface area (Å²) in [6.45, 7) is 5.09. The van der Waals surface area contributed by atoms with Crippen LogP contribution in [0.15, 0.2) is 27.5 Å². The molecule has 3 heterocycles. The first-order valence-electron chi connectivity index (χ1n) is 11.2. The summed E-state index contributed by atoms with van der Waals surface area (Å²) in [6.07, 6.45) is 5.89. The Labute approximate surface area is 180 Å². The van der Waals surface area contributed by atoms with Crippen LogP contribution in [0.3, 0.4) is 0 Å². The third-order valence-electron chi connectivity index (χ3n) is 6.53. The van der Waals surface area contributed by atoms with Gasteiger partial charge in [-0.25, -0.2) is 4.98 Å². The fourth-order valence-corrected chi connectivity index (χ4v) is 4.94. The van der Waals surface area contributed by atoms with E-state index < -0.39 is 0 Å². The highest BCUT2D eigenvalue weighted by Gasteiger charge is 2.38. The van der Waals surface area contributed by atoms with Crippen molar-refractivity contribution in [1.29, 1.82) is 0 Å². The summed E-state index contributed by atoms with van der Waals surface area (Å²) >= 11 is 0. The standard InChI is InChI=1S/C23H27N5O3/c1-3-10-27-19-9-8-15(11-18(19)24-14(2)23(27)30)21-25-22(31-26-21)16-12-20(29)28(13-16)17-6-4-5-7-17/h8-9,11,16-17H,3-7,10,12-13H2,1-2H3/t16-/m1/s1. The summed E-state index contributed by atoms with van der Waals surface area (Å²) in [5.41, 5.74) is 2.74. The zero-order chi connectivity index (χ0) is 21.5. The molecule has 1 amide bonds. The maximum Gasteiger partial charge on any atom is 0.272 e. The molecule has 1 aliphatic heterocycles. The second kappa shape index (κ2) is 7.90. The number of nitrogens with zero attached hydrogens (tertiary/aromatic N) is 5. The molecule has 162 valence electrons. The molecule has 0 radical (unpaired) electrons. The predicted molar refractivity (Wildman–Crippen MR) is 116 cm³/mol. The van der Waals surface area contributed by atoms with Gasteiger partial charge in [0.05, 0.1) is 17.0 Å². The van der Waals surface area contributed by atoms with Gasteiger partial charge in [0.2, 0.25) is 17.6 Å². The summed E-state index contributed by atoms with van der Waals surface area (Å²) in [4.78, 5) is 36.1. The average Bonchev–Trinajstić information content (AvgIpc) is 3.51. The monoisotopic (exact) mass is 421 g/mol. The SMILES string of the molecule is CCCn1c(=O)c(C)nc2cc(-c3noc([C@@H]4CC(=O)N(C5CCCC5)C4)n3)ccc21. The number of hydrogen-bond donors (Lipinski definition) is 0. The summed E-state index contributed by atoms with van der Waals surface area (Å²) < 4.78 is 7.33. The normalized spacial score (nSPS) is 19.7. The van der Waals surface area contributed by atoms with Crippen molar-refractivity contribution in [3.05, 3.63) is 40.1 Å². The minimum Gasteiger partial charge on any atom is -0.339 e. The molecule has 0 bridgehead atoms. The Balaban J connectivity index is 1.42. The Morgan fingerprint density at radius 1 is 1.16 bits per heavy atom. The first-order valence-corrected chi connectivity index (χ1v) is 11.2. The van der Waals surface area contributed by atoms with E-state index in [1.54, 1.807) is 11.5 Å². The molecule has 0 spiro atoms. The van der Waals surface area contributed by atoms with Gasteiger partial charge in [-0.05, 0) is 44.4 Å². The zero-order valence-corrected chi connectivity index (χ0v) is 18.0. The molecule has 0 unspecified atom stereocenters. The predicted octanol–water partition coefficient (Wildman–Crippen LogP) is 3.42. The maximum absolute atomic E-state index is 12.5. The van der Waals surface area contributed by atoms with Crippen molar-refractivity contribution >= 4 is 16.9 Å².